The fraction of sp³-hybridized carbons (Fsp3) is 0.286. The van der Waals surface area contributed by atoms with Crippen molar-refractivity contribution in [1.82, 2.24) is 30.1 Å². The Hall–Kier alpha value is -4.84. The molecule has 0 fully saturated rings. The van der Waals surface area contributed by atoms with Crippen LogP contribution in [0, 0.1) is 0 Å². The normalized spacial score (nSPS) is 13.3. The number of carbonyl (C=O) groups is 2. The topological polar surface area (TPSA) is 145 Å². The van der Waals surface area contributed by atoms with Crippen molar-refractivity contribution in [1.29, 1.82) is 0 Å². The van der Waals surface area contributed by atoms with Gasteiger partial charge in [-0.3, -0.25) is 4.79 Å². The Balaban J connectivity index is 1.32. The van der Waals surface area contributed by atoms with Crippen molar-refractivity contribution in [2.45, 2.75) is 32.5 Å². The lowest BCUT2D eigenvalue weighted by atomic mass is 9.96. The molecule has 1 aliphatic rings. The highest BCUT2D eigenvalue weighted by Crippen LogP contribution is 2.29. The molecule has 5 rings (SSSR count). The maximum absolute atomic E-state index is 13.4. The first kappa shape index (κ1) is 26.8. The summed E-state index contributed by atoms with van der Waals surface area (Å²) in [7, 11) is 1.51. The van der Waals surface area contributed by atoms with E-state index in [1.807, 2.05) is 36.4 Å². The number of methoxy groups -OCH3 is 1. The number of tetrazole rings is 1. The van der Waals surface area contributed by atoms with Gasteiger partial charge in [-0.05, 0) is 64.7 Å². The maximum Gasteiger partial charge on any atom is 0.410 e. The Kier molecular flexibility index (Phi) is 7.97. The molecule has 0 spiro atoms. The van der Waals surface area contributed by atoms with E-state index in [1.165, 1.54) is 11.8 Å². The maximum atomic E-state index is 13.4. The third-order valence-corrected chi connectivity index (χ3v) is 6.64. The molecular weight excluding hydrogens is 514 g/mol. The summed E-state index contributed by atoms with van der Waals surface area (Å²) in [6, 6.07) is 17.8. The Labute approximate surface area is 230 Å². The number of benzene rings is 2. The van der Waals surface area contributed by atoms with E-state index in [-0.39, 0.29) is 19.3 Å². The lowest BCUT2D eigenvalue weighted by Crippen LogP contribution is -2.36. The van der Waals surface area contributed by atoms with Crippen molar-refractivity contribution in [3.63, 3.8) is 0 Å². The minimum Gasteiger partial charge on any atom is -0.496 e. The monoisotopic (exact) mass is 543 g/mol. The molecule has 0 radical (unpaired) electrons. The van der Waals surface area contributed by atoms with Gasteiger partial charge >= 0.3 is 6.09 Å². The molecule has 40 heavy (non-hydrogen) atoms. The lowest BCUT2D eigenvalue weighted by Gasteiger charge is -2.29. The molecular formula is C28H29N7O5. The van der Waals surface area contributed by atoms with Crippen LogP contribution in [0.2, 0.25) is 0 Å². The lowest BCUT2D eigenvalue weighted by molar-refractivity contribution is 0.0918. The second-order valence-electron chi connectivity index (χ2n) is 9.37. The number of fused-ring (bicyclic) bond motifs is 1. The largest absolute Gasteiger partial charge is 0.496 e. The van der Waals surface area contributed by atoms with Crippen LogP contribution in [-0.2, 0) is 24.3 Å². The van der Waals surface area contributed by atoms with Crippen molar-refractivity contribution in [3.05, 3.63) is 82.9 Å². The van der Waals surface area contributed by atoms with Crippen LogP contribution in [0.4, 0.5) is 10.6 Å². The van der Waals surface area contributed by atoms with E-state index in [1.54, 1.807) is 36.1 Å². The van der Waals surface area contributed by atoms with Crippen molar-refractivity contribution in [2.75, 3.05) is 25.6 Å². The van der Waals surface area contributed by atoms with Crippen LogP contribution in [0.15, 0.2) is 60.7 Å². The van der Waals surface area contributed by atoms with Crippen molar-refractivity contribution in [3.8, 4) is 17.3 Å². The van der Waals surface area contributed by atoms with Gasteiger partial charge in [-0.1, -0.05) is 36.4 Å². The molecule has 1 atom stereocenters. The fourth-order valence-electron chi connectivity index (χ4n) is 4.45. The van der Waals surface area contributed by atoms with Crippen LogP contribution in [0.5, 0.6) is 5.75 Å². The van der Waals surface area contributed by atoms with Gasteiger partial charge in [0.25, 0.3) is 5.91 Å². The average molecular weight is 544 g/mol. The van der Waals surface area contributed by atoms with Crippen molar-refractivity contribution in [2.24, 2.45) is 0 Å². The van der Waals surface area contributed by atoms with E-state index < -0.39 is 12.0 Å². The van der Waals surface area contributed by atoms with E-state index in [0.29, 0.717) is 48.2 Å². The SMILES string of the molecule is COc1cc2c(cc1C(=O)Nc1cccc(-c3nnnn3[C@H](C)CO)n1)CN(C(=O)OCc1ccccc1)CC2. The summed E-state index contributed by atoms with van der Waals surface area (Å²) in [6.45, 7) is 2.64. The third kappa shape index (κ3) is 5.76. The van der Waals surface area contributed by atoms with E-state index >= 15 is 0 Å². The molecule has 12 nitrogen and oxygen atoms in total. The van der Waals surface area contributed by atoms with Gasteiger partial charge in [0.1, 0.15) is 23.9 Å². The van der Waals surface area contributed by atoms with Crippen LogP contribution in [-0.4, -0.2) is 67.5 Å². The smallest absolute Gasteiger partial charge is 0.410 e. The number of aromatic nitrogens is 5. The summed E-state index contributed by atoms with van der Waals surface area (Å²) < 4.78 is 12.5. The quantitative estimate of drug-likeness (QED) is 0.342. The van der Waals surface area contributed by atoms with Gasteiger partial charge in [0.05, 0.1) is 25.3 Å². The first-order chi connectivity index (χ1) is 19.5. The number of anilines is 1. The number of hydrogen-bond donors (Lipinski definition) is 2. The summed E-state index contributed by atoms with van der Waals surface area (Å²) in [5, 5.41) is 23.9. The average Bonchev–Trinajstić information content (AvgIpc) is 3.49. The predicted molar refractivity (Wildman–Crippen MR) is 145 cm³/mol. The zero-order valence-corrected chi connectivity index (χ0v) is 22.1. The summed E-state index contributed by atoms with van der Waals surface area (Å²) >= 11 is 0. The first-order valence-corrected chi connectivity index (χ1v) is 12.8. The summed E-state index contributed by atoms with van der Waals surface area (Å²) in [6.07, 6.45) is 0.203. The Morgan fingerprint density at radius 1 is 1.10 bits per heavy atom. The Bertz CT molecular complexity index is 1510. The molecule has 12 heteroatoms. The number of carbonyl (C=O) groups excluding carboxylic acids is 2. The summed E-state index contributed by atoms with van der Waals surface area (Å²) in [5.74, 6) is 0.660. The van der Waals surface area contributed by atoms with Gasteiger partial charge < -0.3 is 24.8 Å². The summed E-state index contributed by atoms with van der Waals surface area (Å²) in [4.78, 5) is 32.2. The van der Waals surface area contributed by atoms with Crippen LogP contribution in [0.25, 0.3) is 11.5 Å². The van der Waals surface area contributed by atoms with Crippen LogP contribution < -0.4 is 10.1 Å². The number of ether oxygens (including phenoxy) is 2. The molecule has 2 aromatic carbocycles. The second-order valence-corrected chi connectivity index (χ2v) is 9.37. The molecule has 0 unspecified atom stereocenters. The molecule has 1 aliphatic heterocycles. The van der Waals surface area contributed by atoms with Gasteiger partial charge in [0.15, 0.2) is 0 Å². The van der Waals surface area contributed by atoms with Gasteiger partial charge in [-0.25, -0.2) is 14.5 Å². The number of hydrogen-bond acceptors (Lipinski definition) is 9. The Morgan fingerprint density at radius 2 is 1.93 bits per heavy atom. The Morgan fingerprint density at radius 3 is 2.70 bits per heavy atom. The van der Waals surface area contributed by atoms with Gasteiger partial charge in [0.2, 0.25) is 5.82 Å². The predicted octanol–water partition coefficient (Wildman–Crippen LogP) is 3.24. The molecule has 206 valence electrons. The minimum atomic E-state index is -0.420. The highest BCUT2D eigenvalue weighted by atomic mass is 16.6. The van der Waals surface area contributed by atoms with E-state index in [2.05, 4.69) is 25.8 Å². The molecule has 4 aromatic rings. The standard InChI is InChI=1S/C28H29N7O5/c1-18(16-36)35-26(31-32-33-35)23-9-6-10-25(29-23)30-27(37)22-13-21-15-34(12-11-20(21)14-24(22)39-2)28(38)40-17-19-7-4-3-5-8-19/h3-10,13-14,18,36H,11-12,15-17H2,1-2H3,(H,29,30,37)/t18-/m1/s1. The molecule has 2 N–H and O–H groups in total. The molecule has 2 amide bonds. The second kappa shape index (κ2) is 11.9. The number of nitrogens with one attached hydrogen (secondary N) is 1. The van der Waals surface area contributed by atoms with Crippen LogP contribution >= 0.6 is 0 Å². The zero-order chi connectivity index (χ0) is 28.1. The molecule has 0 aliphatic carbocycles. The van der Waals surface area contributed by atoms with Gasteiger partial charge in [-0.15, -0.1) is 5.10 Å². The first-order valence-electron chi connectivity index (χ1n) is 12.8. The number of rotatable bonds is 8. The number of amides is 2. The highest BCUT2D eigenvalue weighted by molar-refractivity contribution is 6.06. The zero-order valence-electron chi connectivity index (χ0n) is 22.1. The molecule has 0 saturated carbocycles. The minimum absolute atomic E-state index is 0.144. The van der Waals surface area contributed by atoms with E-state index in [0.717, 1.165) is 16.7 Å². The van der Waals surface area contributed by atoms with Gasteiger partial charge in [0, 0.05) is 13.1 Å². The molecule has 2 aromatic heterocycles. The number of aliphatic hydroxyl groups excluding tert-OH is 1. The summed E-state index contributed by atoms with van der Waals surface area (Å²) in [5.41, 5.74) is 3.50. The molecule has 0 saturated heterocycles. The van der Waals surface area contributed by atoms with Crippen LogP contribution in [0.3, 0.4) is 0 Å². The van der Waals surface area contributed by atoms with E-state index in [9.17, 15) is 14.7 Å². The third-order valence-electron chi connectivity index (χ3n) is 6.64. The number of pyridine rings is 1. The van der Waals surface area contributed by atoms with Crippen molar-refractivity contribution < 1.29 is 24.2 Å². The molecule has 0 bridgehead atoms. The van der Waals surface area contributed by atoms with E-state index in [4.69, 9.17) is 9.47 Å². The van der Waals surface area contributed by atoms with Crippen molar-refractivity contribution >= 4 is 17.8 Å². The number of nitrogens with zero attached hydrogens (tertiary/aromatic N) is 6. The van der Waals surface area contributed by atoms with Gasteiger partial charge in [-0.2, -0.15) is 0 Å². The van der Waals surface area contributed by atoms with Crippen LogP contribution in [0.1, 0.15) is 40.0 Å². The number of aliphatic hydroxyl groups is 1. The highest BCUT2D eigenvalue weighted by Gasteiger charge is 2.25. The molecule has 3 heterocycles. The fourth-order valence-corrected chi connectivity index (χ4v) is 4.45.